The fraction of sp³-hybridized carbons (Fsp3) is 0.353. The van der Waals surface area contributed by atoms with Crippen LogP contribution in [-0.2, 0) is 16.0 Å². The highest BCUT2D eigenvalue weighted by atomic mass is 32.1. The first kappa shape index (κ1) is 16.6. The average molecular weight is 347 g/mol. The molecule has 1 aliphatic rings. The molecule has 7 heteroatoms. The lowest BCUT2D eigenvalue weighted by molar-refractivity contribution is -0.128. The lowest BCUT2D eigenvalue weighted by Gasteiger charge is -2.14. The van der Waals surface area contributed by atoms with Gasteiger partial charge in [-0.2, -0.15) is 0 Å². The monoisotopic (exact) mass is 347 g/mol. The molecule has 126 valence electrons. The normalized spacial score (nSPS) is 17.9. The van der Waals surface area contributed by atoms with E-state index in [0.29, 0.717) is 29.2 Å². The van der Waals surface area contributed by atoms with Crippen LogP contribution in [0.1, 0.15) is 25.0 Å². The molecular weight excluding hydrogens is 329 g/mol. The fourth-order valence-electron chi connectivity index (χ4n) is 2.63. The van der Waals surface area contributed by atoms with Crippen LogP contribution in [0, 0.1) is 5.82 Å². The van der Waals surface area contributed by atoms with Crippen molar-refractivity contribution in [2.24, 2.45) is 0 Å². The lowest BCUT2D eigenvalue weighted by atomic mass is 10.1. The Balaban J connectivity index is 1.62. The highest BCUT2D eigenvalue weighted by Crippen LogP contribution is 2.24. The summed E-state index contributed by atoms with van der Waals surface area (Å²) in [6.45, 7) is 0.661. The molecule has 1 saturated heterocycles. The number of hydrogen-bond acceptors (Lipinski definition) is 4. The van der Waals surface area contributed by atoms with E-state index < -0.39 is 6.04 Å². The maximum atomic E-state index is 13.3. The highest BCUT2D eigenvalue weighted by Gasteiger charge is 2.22. The molecule has 1 aromatic heterocycles. The van der Waals surface area contributed by atoms with E-state index in [1.165, 1.54) is 23.5 Å². The van der Waals surface area contributed by atoms with Crippen LogP contribution < -0.4 is 10.6 Å². The van der Waals surface area contributed by atoms with Crippen LogP contribution in [0.2, 0.25) is 0 Å². The lowest BCUT2D eigenvalue weighted by Crippen LogP contribution is -2.46. The van der Waals surface area contributed by atoms with Crippen LogP contribution in [0.15, 0.2) is 29.6 Å². The third-order valence-corrected chi connectivity index (χ3v) is 4.78. The smallest absolute Gasteiger partial charge is 0.242 e. The number of halogens is 1. The number of amides is 2. The zero-order valence-corrected chi connectivity index (χ0v) is 13.9. The van der Waals surface area contributed by atoms with Crippen molar-refractivity contribution < 1.29 is 14.0 Å². The molecule has 5 nitrogen and oxygen atoms in total. The van der Waals surface area contributed by atoms with Crippen molar-refractivity contribution in [1.82, 2.24) is 15.6 Å². The number of carbonyl (C=O) groups is 2. The molecule has 1 aromatic carbocycles. The van der Waals surface area contributed by atoms with Crippen molar-refractivity contribution in [2.75, 3.05) is 6.54 Å². The summed E-state index contributed by atoms with van der Waals surface area (Å²) in [5.74, 6) is -0.672. The Kier molecular flexibility index (Phi) is 5.20. The van der Waals surface area contributed by atoms with Gasteiger partial charge in [0.25, 0.3) is 0 Å². The van der Waals surface area contributed by atoms with Gasteiger partial charge in [-0.3, -0.25) is 9.59 Å². The second-order valence-electron chi connectivity index (χ2n) is 5.74. The van der Waals surface area contributed by atoms with E-state index >= 15 is 0 Å². The van der Waals surface area contributed by atoms with Crippen LogP contribution in [0.25, 0.3) is 10.6 Å². The van der Waals surface area contributed by atoms with Crippen LogP contribution >= 0.6 is 11.3 Å². The highest BCUT2D eigenvalue weighted by molar-refractivity contribution is 7.13. The van der Waals surface area contributed by atoms with Gasteiger partial charge >= 0.3 is 0 Å². The number of nitrogens with one attached hydrogen (secondary N) is 2. The largest absolute Gasteiger partial charge is 0.354 e. The molecule has 1 fully saturated rings. The van der Waals surface area contributed by atoms with Gasteiger partial charge in [0.1, 0.15) is 16.9 Å². The fourth-order valence-corrected chi connectivity index (χ4v) is 3.45. The van der Waals surface area contributed by atoms with Crippen LogP contribution in [0.3, 0.4) is 0 Å². The molecule has 0 radical (unpaired) electrons. The van der Waals surface area contributed by atoms with E-state index in [1.54, 1.807) is 17.5 Å². The number of carbonyl (C=O) groups excluding carboxylic acids is 2. The first-order chi connectivity index (χ1) is 11.6. The summed E-state index contributed by atoms with van der Waals surface area (Å²) in [5.41, 5.74) is 1.31. The van der Waals surface area contributed by atoms with Gasteiger partial charge in [0.05, 0.1) is 12.1 Å². The summed E-state index contributed by atoms with van der Waals surface area (Å²) in [4.78, 5) is 28.4. The first-order valence-corrected chi connectivity index (χ1v) is 8.77. The van der Waals surface area contributed by atoms with Crippen molar-refractivity contribution in [1.29, 1.82) is 0 Å². The number of benzene rings is 1. The maximum Gasteiger partial charge on any atom is 0.242 e. The van der Waals surface area contributed by atoms with Gasteiger partial charge in [-0.15, -0.1) is 11.3 Å². The van der Waals surface area contributed by atoms with Crippen LogP contribution in [0.5, 0.6) is 0 Å². The van der Waals surface area contributed by atoms with Crippen molar-refractivity contribution in [2.45, 2.75) is 31.7 Å². The second kappa shape index (κ2) is 7.53. The molecule has 0 spiro atoms. The minimum Gasteiger partial charge on any atom is -0.354 e. The molecule has 0 bridgehead atoms. The molecule has 1 atom stereocenters. The van der Waals surface area contributed by atoms with Crippen molar-refractivity contribution in [3.8, 4) is 10.6 Å². The summed E-state index contributed by atoms with van der Waals surface area (Å²) in [7, 11) is 0. The topological polar surface area (TPSA) is 71.1 Å². The molecule has 3 rings (SSSR count). The maximum absolute atomic E-state index is 13.3. The Morgan fingerprint density at radius 2 is 2.29 bits per heavy atom. The van der Waals surface area contributed by atoms with Gasteiger partial charge in [0, 0.05) is 17.5 Å². The van der Waals surface area contributed by atoms with Crippen LogP contribution in [0.4, 0.5) is 4.39 Å². The van der Waals surface area contributed by atoms with Gasteiger partial charge < -0.3 is 10.6 Å². The summed E-state index contributed by atoms with van der Waals surface area (Å²) in [5, 5.41) is 8.02. The Labute approximate surface area is 143 Å². The summed E-state index contributed by atoms with van der Waals surface area (Å²) in [6.07, 6.45) is 2.60. The minimum absolute atomic E-state index is 0.107. The van der Waals surface area contributed by atoms with E-state index in [2.05, 4.69) is 15.6 Å². The molecular formula is C17H18FN3O2S. The van der Waals surface area contributed by atoms with Gasteiger partial charge in [0.15, 0.2) is 0 Å². The predicted molar refractivity (Wildman–Crippen MR) is 90.0 cm³/mol. The molecule has 0 aliphatic carbocycles. The number of nitrogens with zero attached hydrogens (tertiary/aromatic N) is 1. The molecule has 2 N–H and O–H groups in total. The first-order valence-electron chi connectivity index (χ1n) is 7.89. The molecule has 2 aromatic rings. The van der Waals surface area contributed by atoms with Crippen LogP contribution in [-0.4, -0.2) is 29.4 Å². The zero-order valence-electron chi connectivity index (χ0n) is 13.0. The van der Waals surface area contributed by atoms with Gasteiger partial charge in [-0.1, -0.05) is 12.1 Å². The predicted octanol–water partition coefficient (Wildman–Crippen LogP) is 2.28. The minimum atomic E-state index is -0.471. The third kappa shape index (κ3) is 4.17. The molecule has 1 aliphatic heterocycles. The Bertz CT molecular complexity index is 747. The number of aromatic nitrogens is 1. The molecule has 0 unspecified atom stereocenters. The van der Waals surface area contributed by atoms with E-state index in [9.17, 15) is 14.0 Å². The van der Waals surface area contributed by atoms with Crippen molar-refractivity contribution in [3.05, 3.63) is 41.2 Å². The molecule has 24 heavy (non-hydrogen) atoms. The average Bonchev–Trinajstić information content (AvgIpc) is 2.92. The molecule has 2 amide bonds. The Hall–Kier alpha value is -2.28. The number of thiazole rings is 1. The van der Waals surface area contributed by atoms with E-state index in [1.807, 2.05) is 0 Å². The SMILES string of the molecule is O=C(Cc1csc(-c2cccc(F)c2)n1)N[C@H]1CCCCNC1=O. The Morgan fingerprint density at radius 3 is 3.12 bits per heavy atom. The summed E-state index contributed by atoms with van der Waals surface area (Å²) >= 11 is 1.37. The van der Waals surface area contributed by atoms with E-state index in [-0.39, 0.29) is 24.1 Å². The summed E-state index contributed by atoms with van der Waals surface area (Å²) < 4.78 is 13.3. The van der Waals surface area contributed by atoms with Crippen molar-refractivity contribution >= 4 is 23.2 Å². The number of hydrogen-bond donors (Lipinski definition) is 2. The van der Waals surface area contributed by atoms with Gasteiger partial charge in [0.2, 0.25) is 11.8 Å². The quantitative estimate of drug-likeness (QED) is 0.891. The van der Waals surface area contributed by atoms with Gasteiger partial charge in [-0.05, 0) is 31.4 Å². The third-order valence-electron chi connectivity index (χ3n) is 3.84. The molecule has 0 saturated carbocycles. The number of rotatable bonds is 4. The standard InChI is InChI=1S/C17H18FN3O2S/c18-12-5-3-4-11(8-12)17-20-13(10-24-17)9-15(22)21-14-6-1-2-7-19-16(14)23/h3-5,8,10,14H,1-2,6-7,9H2,(H,19,23)(H,21,22)/t14-/m0/s1. The van der Waals surface area contributed by atoms with E-state index in [4.69, 9.17) is 0 Å². The van der Waals surface area contributed by atoms with Crippen molar-refractivity contribution in [3.63, 3.8) is 0 Å². The zero-order chi connectivity index (χ0) is 16.9. The summed E-state index contributed by atoms with van der Waals surface area (Å²) in [6, 6.07) is 5.73. The van der Waals surface area contributed by atoms with E-state index in [0.717, 1.165) is 12.8 Å². The second-order valence-corrected chi connectivity index (χ2v) is 6.60. The van der Waals surface area contributed by atoms with Gasteiger partial charge in [-0.25, -0.2) is 9.37 Å². The molecule has 2 heterocycles. The Morgan fingerprint density at radius 1 is 1.42 bits per heavy atom.